The molecular weight excluding hydrogens is 279 g/mol. The van der Waals surface area contributed by atoms with E-state index in [1.54, 1.807) is 6.26 Å². The first-order valence-electron chi connectivity index (χ1n) is 5.11. The number of halogens is 3. The van der Waals surface area contributed by atoms with Gasteiger partial charge in [-0.05, 0) is 18.4 Å². The molecule has 0 atom stereocenters. The lowest BCUT2D eigenvalue weighted by atomic mass is 10.2. The summed E-state index contributed by atoms with van der Waals surface area (Å²) in [5, 5.41) is 0.152. The van der Waals surface area contributed by atoms with E-state index >= 15 is 0 Å². The van der Waals surface area contributed by atoms with E-state index in [0.717, 1.165) is 23.9 Å². The number of rotatable bonds is 3. The second kappa shape index (κ2) is 5.43. The highest BCUT2D eigenvalue weighted by molar-refractivity contribution is 7.98. The van der Waals surface area contributed by atoms with Gasteiger partial charge in [-0.25, -0.2) is 23.1 Å². The van der Waals surface area contributed by atoms with Crippen molar-refractivity contribution in [3.63, 3.8) is 0 Å². The maximum absolute atomic E-state index is 13.2. The average Bonchev–Trinajstić information content (AvgIpc) is 2.41. The lowest BCUT2D eigenvalue weighted by Crippen LogP contribution is -2.09. The normalized spacial score (nSPS) is 11.0. The fourth-order valence-electron chi connectivity index (χ4n) is 1.40. The molecule has 2 aromatic heterocycles. The average molecular weight is 287 g/mol. The molecule has 4 nitrogen and oxygen atoms in total. The SMILES string of the molecule is CSc1nc(-c2c[nH]c(=O)c(F)c2)cc(C(F)F)n1. The number of hydrogen-bond donors (Lipinski definition) is 1. The third-order valence-electron chi connectivity index (χ3n) is 2.29. The van der Waals surface area contributed by atoms with Crippen LogP contribution >= 0.6 is 11.8 Å². The zero-order chi connectivity index (χ0) is 14.0. The molecule has 0 aliphatic carbocycles. The van der Waals surface area contributed by atoms with Crippen molar-refractivity contribution in [1.29, 1.82) is 0 Å². The van der Waals surface area contributed by atoms with E-state index in [4.69, 9.17) is 0 Å². The van der Waals surface area contributed by atoms with Gasteiger partial charge in [0, 0.05) is 11.8 Å². The fourth-order valence-corrected chi connectivity index (χ4v) is 1.78. The highest BCUT2D eigenvalue weighted by Gasteiger charge is 2.14. The van der Waals surface area contributed by atoms with Crippen molar-refractivity contribution in [3.8, 4) is 11.3 Å². The third kappa shape index (κ3) is 2.95. The van der Waals surface area contributed by atoms with Gasteiger partial charge in [0.15, 0.2) is 11.0 Å². The molecule has 2 rings (SSSR count). The van der Waals surface area contributed by atoms with Gasteiger partial charge in [0.05, 0.1) is 5.69 Å². The summed E-state index contributed by atoms with van der Waals surface area (Å²) >= 11 is 1.10. The molecule has 0 radical (unpaired) electrons. The summed E-state index contributed by atoms with van der Waals surface area (Å²) in [5.41, 5.74) is -0.987. The Bertz CT molecular complexity index is 660. The zero-order valence-electron chi connectivity index (χ0n) is 9.65. The molecule has 19 heavy (non-hydrogen) atoms. The summed E-state index contributed by atoms with van der Waals surface area (Å²) in [6.45, 7) is 0. The minimum Gasteiger partial charge on any atom is -0.326 e. The van der Waals surface area contributed by atoms with Gasteiger partial charge >= 0.3 is 0 Å². The fraction of sp³-hybridized carbons (Fsp3) is 0.182. The Hall–Kier alpha value is -1.83. The van der Waals surface area contributed by atoms with Crippen LogP contribution in [0.25, 0.3) is 11.3 Å². The first kappa shape index (κ1) is 13.6. The molecule has 0 bridgehead atoms. The van der Waals surface area contributed by atoms with Crippen LogP contribution in [0.2, 0.25) is 0 Å². The molecule has 0 amide bonds. The maximum atomic E-state index is 13.2. The van der Waals surface area contributed by atoms with Gasteiger partial charge in [-0.1, -0.05) is 11.8 Å². The van der Waals surface area contributed by atoms with Crippen molar-refractivity contribution in [2.75, 3.05) is 6.26 Å². The van der Waals surface area contributed by atoms with Crippen LogP contribution in [0.4, 0.5) is 13.2 Å². The molecule has 0 aliphatic heterocycles. The van der Waals surface area contributed by atoms with Crippen molar-refractivity contribution >= 4 is 11.8 Å². The summed E-state index contributed by atoms with van der Waals surface area (Å²) in [7, 11) is 0. The van der Waals surface area contributed by atoms with Crippen LogP contribution < -0.4 is 5.56 Å². The molecule has 8 heteroatoms. The van der Waals surface area contributed by atoms with Crippen LogP contribution in [-0.4, -0.2) is 21.2 Å². The van der Waals surface area contributed by atoms with Gasteiger partial charge in [-0.15, -0.1) is 0 Å². The Balaban J connectivity index is 2.57. The Morgan fingerprint density at radius 2 is 2.05 bits per heavy atom. The molecule has 0 saturated carbocycles. The Labute approximate surface area is 110 Å². The molecule has 0 spiro atoms. The van der Waals surface area contributed by atoms with Crippen LogP contribution in [0.5, 0.6) is 0 Å². The summed E-state index contributed by atoms with van der Waals surface area (Å²) < 4.78 is 38.5. The number of nitrogens with one attached hydrogen (secondary N) is 1. The predicted molar refractivity (Wildman–Crippen MR) is 64.8 cm³/mol. The first-order chi connectivity index (χ1) is 9.01. The van der Waals surface area contributed by atoms with Gasteiger partial charge in [0.1, 0.15) is 5.69 Å². The van der Waals surface area contributed by atoms with Gasteiger partial charge < -0.3 is 4.98 Å². The second-order valence-electron chi connectivity index (χ2n) is 3.53. The smallest absolute Gasteiger partial charge is 0.283 e. The molecule has 0 aromatic carbocycles. The lowest BCUT2D eigenvalue weighted by Gasteiger charge is -2.06. The molecular formula is C11H8F3N3OS. The minimum atomic E-state index is -2.75. The second-order valence-corrected chi connectivity index (χ2v) is 4.30. The lowest BCUT2D eigenvalue weighted by molar-refractivity contribution is 0.145. The Kier molecular flexibility index (Phi) is 3.89. The Morgan fingerprint density at radius 3 is 2.63 bits per heavy atom. The summed E-state index contributed by atoms with van der Waals surface area (Å²) in [6, 6.07) is 2.01. The van der Waals surface area contributed by atoms with Gasteiger partial charge in [0.2, 0.25) is 0 Å². The quantitative estimate of drug-likeness (QED) is 0.696. The van der Waals surface area contributed by atoms with E-state index in [1.165, 1.54) is 6.20 Å². The predicted octanol–water partition coefficient (Wildman–Crippen LogP) is 2.63. The molecule has 0 fully saturated rings. The van der Waals surface area contributed by atoms with E-state index in [9.17, 15) is 18.0 Å². The number of nitrogens with zero attached hydrogens (tertiary/aromatic N) is 2. The number of aromatic nitrogens is 3. The summed E-state index contributed by atoms with van der Waals surface area (Å²) in [4.78, 5) is 20.7. The monoisotopic (exact) mass is 287 g/mol. The molecule has 2 heterocycles. The van der Waals surface area contributed by atoms with E-state index in [1.807, 2.05) is 0 Å². The zero-order valence-corrected chi connectivity index (χ0v) is 10.5. The number of H-pyrrole nitrogens is 1. The van der Waals surface area contributed by atoms with Crippen LogP contribution in [0.1, 0.15) is 12.1 Å². The summed E-state index contributed by atoms with van der Waals surface area (Å²) in [6.07, 6.45) is 0.106. The van der Waals surface area contributed by atoms with Crippen molar-refractivity contribution in [3.05, 3.63) is 40.2 Å². The van der Waals surface area contributed by atoms with Crippen molar-refractivity contribution in [2.45, 2.75) is 11.6 Å². The van der Waals surface area contributed by atoms with Gasteiger partial charge in [-0.2, -0.15) is 0 Å². The van der Waals surface area contributed by atoms with Crippen LogP contribution in [0.3, 0.4) is 0 Å². The molecule has 0 aliphatic rings. The van der Waals surface area contributed by atoms with Crippen molar-refractivity contribution in [2.24, 2.45) is 0 Å². The maximum Gasteiger partial charge on any atom is 0.283 e. The number of hydrogen-bond acceptors (Lipinski definition) is 4. The van der Waals surface area contributed by atoms with Crippen LogP contribution in [0.15, 0.2) is 28.3 Å². The minimum absolute atomic E-state index is 0.129. The highest BCUT2D eigenvalue weighted by atomic mass is 32.2. The van der Waals surface area contributed by atoms with Gasteiger partial charge in [-0.3, -0.25) is 4.79 Å². The highest BCUT2D eigenvalue weighted by Crippen LogP contribution is 2.25. The van der Waals surface area contributed by atoms with Crippen LogP contribution in [-0.2, 0) is 0 Å². The molecule has 0 saturated heterocycles. The van der Waals surface area contributed by atoms with Crippen molar-refractivity contribution < 1.29 is 13.2 Å². The molecule has 0 unspecified atom stereocenters. The largest absolute Gasteiger partial charge is 0.326 e. The number of alkyl halides is 2. The van der Waals surface area contributed by atoms with E-state index in [2.05, 4.69) is 15.0 Å². The molecule has 100 valence electrons. The van der Waals surface area contributed by atoms with E-state index in [0.29, 0.717) is 0 Å². The standard InChI is InChI=1S/C11H8F3N3OS/c1-19-11-16-7(3-8(17-11)9(13)14)5-2-6(12)10(18)15-4-5/h2-4,9H,1H3,(H,15,18). The van der Waals surface area contributed by atoms with Crippen molar-refractivity contribution in [1.82, 2.24) is 15.0 Å². The topological polar surface area (TPSA) is 58.6 Å². The van der Waals surface area contributed by atoms with Crippen LogP contribution in [0, 0.1) is 5.82 Å². The third-order valence-corrected chi connectivity index (χ3v) is 2.83. The number of thioether (sulfide) groups is 1. The summed E-state index contributed by atoms with van der Waals surface area (Å²) in [5.74, 6) is -1.000. The molecule has 2 aromatic rings. The van der Waals surface area contributed by atoms with Gasteiger partial charge in [0.25, 0.3) is 12.0 Å². The van der Waals surface area contributed by atoms with E-state index < -0.39 is 23.5 Å². The van der Waals surface area contributed by atoms with E-state index in [-0.39, 0.29) is 16.4 Å². The molecule has 1 N–H and O–H groups in total. The number of pyridine rings is 1. The Morgan fingerprint density at radius 1 is 1.32 bits per heavy atom. The first-order valence-corrected chi connectivity index (χ1v) is 6.33. The number of aromatic amines is 1.